The summed E-state index contributed by atoms with van der Waals surface area (Å²) < 4.78 is 10.4. The maximum absolute atomic E-state index is 11.9. The molecule has 6 nitrogen and oxygen atoms in total. The van der Waals surface area contributed by atoms with E-state index >= 15 is 0 Å². The van der Waals surface area contributed by atoms with Crippen molar-refractivity contribution in [3.05, 3.63) is 54.4 Å². The number of nitrogens with zero attached hydrogens (tertiary/aromatic N) is 2. The zero-order valence-electron chi connectivity index (χ0n) is 20.8. The molecule has 0 amide bonds. The van der Waals surface area contributed by atoms with Crippen LogP contribution in [-0.4, -0.2) is 28.0 Å². The number of hydrogen-bond donors (Lipinski definition) is 0. The minimum absolute atomic E-state index is 0.0318. The molecule has 0 saturated carbocycles. The summed E-state index contributed by atoms with van der Waals surface area (Å²) in [4.78, 5) is 31.6. The van der Waals surface area contributed by atoms with E-state index in [1.165, 1.54) is 56.6 Å². The Morgan fingerprint density at radius 2 is 1.68 bits per heavy atom. The van der Waals surface area contributed by atoms with E-state index in [1.54, 1.807) is 0 Å². The van der Waals surface area contributed by atoms with Gasteiger partial charge < -0.3 is 9.47 Å². The average molecular weight is 467 g/mol. The van der Waals surface area contributed by atoms with E-state index in [1.807, 2.05) is 25.1 Å². The van der Waals surface area contributed by atoms with Crippen LogP contribution < -0.4 is 4.74 Å². The quantitative estimate of drug-likeness (QED) is 0.166. The average Bonchev–Trinajstić information content (AvgIpc) is 2.82. The van der Waals surface area contributed by atoms with Crippen molar-refractivity contribution in [1.29, 1.82) is 0 Å². The van der Waals surface area contributed by atoms with Gasteiger partial charge >= 0.3 is 11.9 Å². The Bertz CT molecular complexity index is 892. The lowest BCUT2D eigenvalue weighted by molar-refractivity contribution is -0.145. The number of aromatic nitrogens is 2. The highest BCUT2D eigenvalue weighted by Crippen LogP contribution is 2.19. The standard InChI is InChI=1S/C28H38N2O4/c1-4-5-6-7-8-9-10-15-27(32)34-26-20-29-28(30-21-26)25-18-16-24(17-19-25)14-12-11-13-22(2)33-23(3)31/h10,15-22H,4-9,11-14H2,1-3H3. The third-order valence-electron chi connectivity index (χ3n) is 5.48. The highest BCUT2D eigenvalue weighted by molar-refractivity contribution is 5.83. The van der Waals surface area contributed by atoms with Gasteiger partial charge in [-0.25, -0.2) is 14.8 Å². The molecule has 0 saturated heterocycles. The molecular weight excluding hydrogens is 428 g/mol. The smallest absolute Gasteiger partial charge is 0.335 e. The van der Waals surface area contributed by atoms with Gasteiger partial charge in [0.25, 0.3) is 0 Å². The largest absolute Gasteiger partial charge is 0.463 e. The second kappa shape index (κ2) is 15.8. The predicted octanol–water partition coefficient (Wildman–Crippen LogP) is 6.63. The van der Waals surface area contributed by atoms with E-state index in [-0.39, 0.29) is 12.1 Å². The summed E-state index contributed by atoms with van der Waals surface area (Å²) in [7, 11) is 0. The van der Waals surface area contributed by atoms with Crippen LogP contribution in [0.1, 0.15) is 84.1 Å². The van der Waals surface area contributed by atoms with Crippen LogP contribution in [0.2, 0.25) is 0 Å². The minimum atomic E-state index is -0.406. The SMILES string of the molecule is CCCCCCCC=CC(=O)Oc1cnc(-c2ccc(CCCCC(C)OC(C)=O)cc2)nc1. The summed E-state index contributed by atoms with van der Waals surface area (Å²) in [5.74, 6) is 0.290. The fourth-order valence-electron chi connectivity index (χ4n) is 3.64. The molecular formula is C28H38N2O4. The molecule has 2 aromatic rings. The van der Waals surface area contributed by atoms with Crippen LogP contribution >= 0.6 is 0 Å². The van der Waals surface area contributed by atoms with Crippen molar-refractivity contribution in [1.82, 2.24) is 9.97 Å². The number of esters is 2. The number of rotatable bonds is 15. The third-order valence-corrected chi connectivity index (χ3v) is 5.48. The van der Waals surface area contributed by atoms with E-state index in [2.05, 4.69) is 29.0 Å². The van der Waals surface area contributed by atoms with Crippen LogP contribution in [-0.2, 0) is 20.7 Å². The van der Waals surface area contributed by atoms with Crippen LogP contribution in [0.5, 0.6) is 5.75 Å². The van der Waals surface area contributed by atoms with Gasteiger partial charge in [0.2, 0.25) is 0 Å². The van der Waals surface area contributed by atoms with Gasteiger partial charge in [-0.1, -0.05) is 62.9 Å². The molecule has 0 bridgehead atoms. The van der Waals surface area contributed by atoms with E-state index in [9.17, 15) is 9.59 Å². The van der Waals surface area contributed by atoms with Crippen LogP contribution in [0.4, 0.5) is 0 Å². The molecule has 0 N–H and O–H groups in total. The monoisotopic (exact) mass is 466 g/mol. The summed E-state index contributed by atoms with van der Waals surface area (Å²) in [6, 6.07) is 8.16. The lowest BCUT2D eigenvalue weighted by atomic mass is 10.0. The van der Waals surface area contributed by atoms with Gasteiger partial charge in [-0.2, -0.15) is 0 Å². The summed E-state index contributed by atoms with van der Waals surface area (Å²) in [5, 5.41) is 0. The van der Waals surface area contributed by atoms with Crippen molar-refractivity contribution in [2.24, 2.45) is 0 Å². The van der Waals surface area contributed by atoms with Gasteiger partial charge in [-0.3, -0.25) is 4.79 Å². The van der Waals surface area contributed by atoms with Crippen LogP contribution in [0, 0.1) is 0 Å². The Kier molecular flexibility index (Phi) is 12.6. The maximum Gasteiger partial charge on any atom is 0.335 e. The summed E-state index contributed by atoms with van der Waals surface area (Å²) in [5.41, 5.74) is 2.15. The van der Waals surface area contributed by atoms with Gasteiger partial charge in [-0.15, -0.1) is 0 Å². The molecule has 184 valence electrons. The zero-order valence-corrected chi connectivity index (χ0v) is 20.8. The lowest BCUT2D eigenvalue weighted by Gasteiger charge is -2.11. The van der Waals surface area contributed by atoms with Gasteiger partial charge in [0.15, 0.2) is 11.6 Å². The number of carbonyl (C=O) groups excluding carboxylic acids is 2. The summed E-state index contributed by atoms with van der Waals surface area (Å²) >= 11 is 0. The molecule has 0 aliphatic heterocycles. The van der Waals surface area contributed by atoms with Crippen LogP contribution in [0.15, 0.2) is 48.8 Å². The van der Waals surface area contributed by atoms with Crippen molar-refractivity contribution >= 4 is 11.9 Å². The van der Waals surface area contributed by atoms with E-state index in [4.69, 9.17) is 9.47 Å². The summed E-state index contributed by atoms with van der Waals surface area (Å²) in [6.45, 7) is 5.57. The van der Waals surface area contributed by atoms with Gasteiger partial charge in [0.1, 0.15) is 0 Å². The van der Waals surface area contributed by atoms with Crippen molar-refractivity contribution < 1.29 is 19.1 Å². The van der Waals surface area contributed by atoms with Crippen LogP contribution in [0.25, 0.3) is 11.4 Å². The lowest BCUT2D eigenvalue weighted by Crippen LogP contribution is -2.11. The molecule has 6 heteroatoms. The molecule has 1 aromatic heterocycles. The number of unbranched alkanes of at least 4 members (excludes halogenated alkanes) is 6. The Morgan fingerprint density at radius 3 is 2.35 bits per heavy atom. The molecule has 2 rings (SSSR count). The van der Waals surface area contributed by atoms with Gasteiger partial charge in [0.05, 0.1) is 18.5 Å². The summed E-state index contributed by atoms with van der Waals surface area (Å²) in [6.07, 6.45) is 17.2. The van der Waals surface area contributed by atoms with Crippen LogP contribution in [0.3, 0.4) is 0 Å². The molecule has 1 aromatic carbocycles. The number of benzene rings is 1. The fourth-order valence-corrected chi connectivity index (χ4v) is 3.64. The Balaban J connectivity index is 1.73. The minimum Gasteiger partial charge on any atom is -0.463 e. The van der Waals surface area contributed by atoms with Crippen molar-refractivity contribution in [2.75, 3.05) is 0 Å². The molecule has 1 heterocycles. The second-order valence-electron chi connectivity index (χ2n) is 8.63. The number of carbonyl (C=O) groups is 2. The Labute approximate surface area is 203 Å². The van der Waals surface area contributed by atoms with Crippen molar-refractivity contribution in [3.8, 4) is 17.1 Å². The zero-order chi connectivity index (χ0) is 24.6. The van der Waals surface area contributed by atoms with Crippen molar-refractivity contribution in [3.63, 3.8) is 0 Å². The fraction of sp³-hybridized carbons (Fsp3) is 0.500. The molecule has 1 unspecified atom stereocenters. The van der Waals surface area contributed by atoms with Gasteiger partial charge in [-0.05, 0) is 51.0 Å². The molecule has 0 fully saturated rings. The number of hydrogen-bond acceptors (Lipinski definition) is 6. The third kappa shape index (κ3) is 11.2. The maximum atomic E-state index is 11.9. The number of allylic oxidation sites excluding steroid dienone is 1. The molecule has 1 atom stereocenters. The first-order valence-corrected chi connectivity index (χ1v) is 12.4. The van der Waals surface area contributed by atoms with Gasteiger partial charge in [0, 0.05) is 18.6 Å². The highest BCUT2D eigenvalue weighted by atomic mass is 16.5. The molecule has 0 aliphatic rings. The van der Waals surface area contributed by atoms with E-state index in [0.29, 0.717) is 11.6 Å². The van der Waals surface area contributed by atoms with Crippen molar-refractivity contribution in [2.45, 2.75) is 91.1 Å². The number of aryl methyl sites for hydroxylation is 1. The molecule has 0 aliphatic carbocycles. The van der Waals surface area contributed by atoms with E-state index < -0.39 is 5.97 Å². The Morgan fingerprint density at radius 1 is 0.971 bits per heavy atom. The second-order valence-corrected chi connectivity index (χ2v) is 8.63. The first-order valence-electron chi connectivity index (χ1n) is 12.4. The molecule has 0 spiro atoms. The van der Waals surface area contributed by atoms with E-state index in [0.717, 1.165) is 44.1 Å². The molecule has 0 radical (unpaired) electrons. The topological polar surface area (TPSA) is 78.4 Å². The first kappa shape index (κ1) is 27.2. The molecule has 34 heavy (non-hydrogen) atoms. The normalized spacial score (nSPS) is 12.0. The number of ether oxygens (including phenoxy) is 2. The Hall–Kier alpha value is -3.02. The predicted molar refractivity (Wildman–Crippen MR) is 134 cm³/mol. The highest BCUT2D eigenvalue weighted by Gasteiger charge is 2.07. The first-order chi connectivity index (χ1) is 16.5.